The van der Waals surface area contributed by atoms with E-state index in [1.165, 1.54) is 12.1 Å². The zero-order chi connectivity index (χ0) is 32.8. The van der Waals surface area contributed by atoms with Crippen molar-refractivity contribution in [3.8, 4) is 0 Å². The van der Waals surface area contributed by atoms with Gasteiger partial charge in [0.15, 0.2) is 0 Å². The van der Waals surface area contributed by atoms with Crippen LogP contribution < -0.4 is 4.90 Å². The van der Waals surface area contributed by atoms with Crippen LogP contribution in [0.3, 0.4) is 0 Å². The van der Waals surface area contributed by atoms with Crippen LogP contribution in [0.4, 0.5) is 19.3 Å². The summed E-state index contributed by atoms with van der Waals surface area (Å²) in [6, 6.07) is 7.18. The molecule has 2 aromatic heterocycles. The van der Waals surface area contributed by atoms with Gasteiger partial charge in [0.1, 0.15) is 17.2 Å². The molecule has 0 saturated carbocycles. The maximum atomic E-state index is 14.4. The van der Waals surface area contributed by atoms with E-state index in [2.05, 4.69) is 23.8 Å². The Hall–Kier alpha value is -3.86. The smallest absolute Gasteiger partial charge is 0.410 e. The molecule has 45 heavy (non-hydrogen) atoms. The van der Waals surface area contributed by atoms with Crippen LogP contribution in [0.2, 0.25) is 0 Å². The third-order valence-corrected chi connectivity index (χ3v) is 8.58. The first-order chi connectivity index (χ1) is 21.0. The van der Waals surface area contributed by atoms with Gasteiger partial charge in [0, 0.05) is 75.0 Å². The van der Waals surface area contributed by atoms with Gasteiger partial charge < -0.3 is 14.5 Å². The minimum absolute atomic E-state index is 0.0714. The maximum Gasteiger partial charge on any atom is 0.410 e. The zero-order valence-corrected chi connectivity index (χ0v) is 27.5. The Morgan fingerprint density at radius 2 is 1.84 bits per heavy atom. The van der Waals surface area contributed by atoms with Crippen molar-refractivity contribution >= 4 is 17.7 Å². The molecule has 5 rings (SSSR count). The fourth-order valence-corrected chi connectivity index (χ4v) is 6.41. The molecule has 4 heterocycles. The second kappa shape index (κ2) is 12.2. The molecular formula is C34H44F2N6O3. The fourth-order valence-electron chi connectivity index (χ4n) is 6.41. The van der Waals surface area contributed by atoms with Crippen molar-refractivity contribution in [2.45, 2.75) is 84.4 Å². The average Bonchev–Trinajstić information content (AvgIpc) is 3.39. The van der Waals surface area contributed by atoms with Gasteiger partial charge in [-0.05, 0) is 63.9 Å². The summed E-state index contributed by atoms with van der Waals surface area (Å²) in [6.07, 6.45) is 2.18. The maximum absolute atomic E-state index is 14.4. The SMILES string of the molecule is Cc1cc(C[C@H]2CN(C(=O)OC(C)(C)C)[C@H](C)CN2CC(=O)N2CC(C)(C)c3ncc(Cc4ccc(F)cc4F)cc32)n(C)n1. The number of benzene rings is 1. The molecule has 0 N–H and O–H groups in total. The van der Waals surface area contributed by atoms with Crippen LogP contribution >= 0.6 is 0 Å². The number of carbonyl (C=O) groups is 2. The highest BCUT2D eigenvalue weighted by Gasteiger charge is 2.42. The fraction of sp³-hybridized carbons (Fsp3) is 0.529. The van der Waals surface area contributed by atoms with Gasteiger partial charge in [0.2, 0.25) is 5.91 Å². The topological polar surface area (TPSA) is 83.8 Å². The molecule has 0 unspecified atom stereocenters. The van der Waals surface area contributed by atoms with Gasteiger partial charge in [-0.1, -0.05) is 19.9 Å². The van der Waals surface area contributed by atoms with Crippen molar-refractivity contribution in [3.05, 3.63) is 76.4 Å². The number of piperazine rings is 1. The lowest BCUT2D eigenvalue weighted by atomic mass is 9.91. The van der Waals surface area contributed by atoms with Gasteiger partial charge in [-0.15, -0.1) is 0 Å². The van der Waals surface area contributed by atoms with Crippen molar-refractivity contribution in [1.29, 1.82) is 0 Å². The predicted octanol–water partition coefficient (Wildman–Crippen LogP) is 5.17. The lowest BCUT2D eigenvalue weighted by Gasteiger charge is -2.45. The van der Waals surface area contributed by atoms with Gasteiger partial charge >= 0.3 is 6.09 Å². The molecule has 2 aliphatic heterocycles. The number of nitrogens with zero attached hydrogens (tertiary/aromatic N) is 6. The van der Waals surface area contributed by atoms with Crippen molar-refractivity contribution in [2.75, 3.05) is 31.1 Å². The van der Waals surface area contributed by atoms with Crippen molar-refractivity contribution in [3.63, 3.8) is 0 Å². The highest BCUT2D eigenvalue weighted by atomic mass is 19.1. The van der Waals surface area contributed by atoms with Crippen molar-refractivity contribution < 1.29 is 23.1 Å². The van der Waals surface area contributed by atoms with Crippen LogP contribution in [0, 0.1) is 18.6 Å². The minimum Gasteiger partial charge on any atom is -0.444 e. The molecule has 0 aliphatic carbocycles. The van der Waals surface area contributed by atoms with Gasteiger partial charge in [-0.3, -0.25) is 19.4 Å². The van der Waals surface area contributed by atoms with Crippen LogP contribution in [-0.4, -0.2) is 80.4 Å². The predicted molar refractivity (Wildman–Crippen MR) is 168 cm³/mol. The van der Waals surface area contributed by atoms with E-state index >= 15 is 0 Å². The Morgan fingerprint density at radius 3 is 2.49 bits per heavy atom. The van der Waals surface area contributed by atoms with Crippen molar-refractivity contribution in [2.24, 2.45) is 7.05 Å². The first kappa shape index (κ1) is 32.5. The van der Waals surface area contributed by atoms with Gasteiger partial charge in [0.25, 0.3) is 0 Å². The second-order valence-corrected chi connectivity index (χ2v) is 14.2. The summed E-state index contributed by atoms with van der Waals surface area (Å²) in [5.41, 5.74) is 3.54. The summed E-state index contributed by atoms with van der Waals surface area (Å²) in [6.45, 7) is 15.1. The molecule has 1 fully saturated rings. The number of hydrogen-bond donors (Lipinski definition) is 0. The number of hydrogen-bond acceptors (Lipinski definition) is 6. The molecule has 2 aliphatic rings. The highest BCUT2D eigenvalue weighted by molar-refractivity contribution is 5.97. The van der Waals surface area contributed by atoms with E-state index in [4.69, 9.17) is 9.72 Å². The number of rotatable bonds is 6. The first-order valence-corrected chi connectivity index (χ1v) is 15.5. The molecule has 11 heteroatoms. The molecular weight excluding hydrogens is 578 g/mol. The number of halogens is 2. The summed E-state index contributed by atoms with van der Waals surface area (Å²) in [5, 5.41) is 4.50. The summed E-state index contributed by atoms with van der Waals surface area (Å²) < 4.78 is 35.5. The number of anilines is 1. The van der Waals surface area contributed by atoms with E-state index in [0.29, 0.717) is 37.3 Å². The number of amides is 2. The van der Waals surface area contributed by atoms with Crippen LogP contribution in [-0.2, 0) is 34.8 Å². The van der Waals surface area contributed by atoms with E-state index in [1.54, 1.807) is 16.0 Å². The van der Waals surface area contributed by atoms with E-state index < -0.39 is 17.2 Å². The summed E-state index contributed by atoms with van der Waals surface area (Å²) in [7, 11) is 1.90. The molecule has 242 valence electrons. The molecule has 0 radical (unpaired) electrons. The standard InChI is InChI=1S/C34H44F2N6O3/c1-21-11-26(39(8)38-21)15-27-18-41(32(44)45-33(3,4)5)22(2)17-40(27)19-30(43)42-20-34(6,7)31-29(42)13-23(16-37-31)12-24-9-10-25(35)14-28(24)36/h9-11,13-14,16,22,27H,12,15,17-20H2,1-8H3/t22-,27+/m1/s1. The van der Waals surface area contributed by atoms with Gasteiger partial charge in [0.05, 0.1) is 23.6 Å². The Kier molecular flexibility index (Phi) is 8.78. The number of carbonyl (C=O) groups excluding carboxylic acids is 2. The van der Waals surface area contributed by atoms with E-state index in [-0.39, 0.29) is 42.5 Å². The average molecular weight is 623 g/mol. The number of ether oxygens (including phenoxy) is 1. The molecule has 0 bridgehead atoms. The molecule has 1 saturated heterocycles. The quantitative estimate of drug-likeness (QED) is 0.377. The highest BCUT2D eigenvalue weighted by Crippen LogP contribution is 2.40. The Balaban J connectivity index is 1.39. The van der Waals surface area contributed by atoms with Crippen LogP contribution in [0.15, 0.2) is 36.5 Å². The Morgan fingerprint density at radius 1 is 1.11 bits per heavy atom. The van der Waals surface area contributed by atoms with Gasteiger partial charge in [-0.2, -0.15) is 5.10 Å². The number of pyridine rings is 1. The number of aromatic nitrogens is 3. The van der Waals surface area contributed by atoms with E-state index in [9.17, 15) is 18.4 Å². The van der Waals surface area contributed by atoms with Crippen molar-refractivity contribution in [1.82, 2.24) is 24.6 Å². The number of aryl methyl sites for hydroxylation is 2. The molecule has 1 aromatic carbocycles. The monoisotopic (exact) mass is 622 g/mol. The summed E-state index contributed by atoms with van der Waals surface area (Å²) >= 11 is 0. The number of fused-ring (bicyclic) bond motifs is 1. The van der Waals surface area contributed by atoms with Crippen LogP contribution in [0.5, 0.6) is 0 Å². The molecule has 3 aromatic rings. The lowest BCUT2D eigenvalue weighted by molar-refractivity contribution is -0.121. The lowest BCUT2D eigenvalue weighted by Crippen LogP contribution is -2.61. The minimum atomic E-state index is -0.625. The third kappa shape index (κ3) is 7.19. The second-order valence-electron chi connectivity index (χ2n) is 14.2. The largest absolute Gasteiger partial charge is 0.444 e. The van der Waals surface area contributed by atoms with E-state index in [1.807, 2.05) is 58.5 Å². The molecule has 2 atom stereocenters. The molecule has 2 amide bonds. The van der Waals surface area contributed by atoms with Crippen LogP contribution in [0.25, 0.3) is 0 Å². The first-order valence-electron chi connectivity index (χ1n) is 15.5. The molecule has 0 spiro atoms. The van der Waals surface area contributed by atoms with E-state index in [0.717, 1.165) is 28.7 Å². The van der Waals surface area contributed by atoms with Crippen LogP contribution in [0.1, 0.15) is 69.8 Å². The Labute approximate surface area is 264 Å². The third-order valence-electron chi connectivity index (χ3n) is 8.58. The normalized spacial score (nSPS) is 20.0. The Bertz CT molecular complexity index is 1600. The summed E-state index contributed by atoms with van der Waals surface area (Å²) in [5.74, 6) is -1.31. The molecule has 9 nitrogen and oxygen atoms in total. The zero-order valence-electron chi connectivity index (χ0n) is 27.5. The summed E-state index contributed by atoms with van der Waals surface area (Å²) in [4.78, 5) is 37.7. The van der Waals surface area contributed by atoms with Gasteiger partial charge in [-0.25, -0.2) is 13.6 Å².